The Morgan fingerprint density at radius 2 is 1.75 bits per heavy atom. The number of amides is 1. The first-order valence-corrected chi connectivity index (χ1v) is 5.44. The number of rotatable bonds is 3. The van der Waals surface area contributed by atoms with E-state index in [0.29, 0.717) is 0 Å². The SMILES string of the molecule is CC(C)=CC(=O)NC(C)(C)c1ccccc1. The van der Waals surface area contributed by atoms with Crippen LogP contribution in [0.25, 0.3) is 0 Å². The van der Waals surface area contributed by atoms with Crippen LogP contribution in [0.2, 0.25) is 0 Å². The second kappa shape index (κ2) is 4.97. The molecule has 16 heavy (non-hydrogen) atoms. The summed E-state index contributed by atoms with van der Waals surface area (Å²) in [7, 11) is 0. The average molecular weight is 217 g/mol. The number of hydrogen-bond acceptors (Lipinski definition) is 1. The Labute approximate surface area is 97.4 Å². The third kappa shape index (κ3) is 3.54. The van der Waals surface area contributed by atoms with Crippen LogP contribution in [-0.2, 0) is 10.3 Å². The predicted molar refractivity (Wildman–Crippen MR) is 67.0 cm³/mol. The topological polar surface area (TPSA) is 29.1 Å². The number of benzene rings is 1. The maximum Gasteiger partial charge on any atom is 0.244 e. The maximum atomic E-state index is 11.7. The summed E-state index contributed by atoms with van der Waals surface area (Å²) in [5.74, 6) is -0.0474. The Kier molecular flexibility index (Phi) is 3.88. The van der Waals surface area contributed by atoms with Gasteiger partial charge >= 0.3 is 0 Å². The lowest BCUT2D eigenvalue weighted by Crippen LogP contribution is -2.40. The van der Waals surface area contributed by atoms with E-state index in [4.69, 9.17) is 0 Å². The van der Waals surface area contributed by atoms with Crippen LogP contribution in [0, 0.1) is 0 Å². The Morgan fingerprint density at radius 1 is 1.19 bits per heavy atom. The highest BCUT2D eigenvalue weighted by Gasteiger charge is 2.21. The molecule has 2 heteroatoms. The van der Waals surface area contributed by atoms with Gasteiger partial charge in [-0.25, -0.2) is 0 Å². The van der Waals surface area contributed by atoms with Crippen LogP contribution in [0.4, 0.5) is 0 Å². The van der Waals surface area contributed by atoms with Gasteiger partial charge in [-0.15, -0.1) is 0 Å². The van der Waals surface area contributed by atoms with Gasteiger partial charge in [0.05, 0.1) is 5.54 Å². The molecule has 0 aliphatic heterocycles. The molecule has 0 unspecified atom stereocenters. The first kappa shape index (κ1) is 12.5. The molecule has 0 radical (unpaired) electrons. The standard InChI is InChI=1S/C14H19NO/c1-11(2)10-13(16)15-14(3,4)12-8-6-5-7-9-12/h5-10H,1-4H3,(H,15,16). The van der Waals surface area contributed by atoms with Crippen molar-refractivity contribution in [2.45, 2.75) is 33.2 Å². The molecule has 0 aliphatic carbocycles. The molecule has 0 bridgehead atoms. The van der Waals surface area contributed by atoms with E-state index < -0.39 is 0 Å². The molecule has 2 nitrogen and oxygen atoms in total. The third-order valence-electron chi connectivity index (χ3n) is 2.35. The first-order valence-electron chi connectivity index (χ1n) is 5.44. The molecule has 86 valence electrons. The van der Waals surface area contributed by atoms with Crippen molar-refractivity contribution in [3.63, 3.8) is 0 Å². The van der Waals surface area contributed by atoms with Crippen molar-refractivity contribution in [2.24, 2.45) is 0 Å². The molecule has 0 saturated heterocycles. The zero-order valence-corrected chi connectivity index (χ0v) is 10.4. The smallest absolute Gasteiger partial charge is 0.244 e. The zero-order chi connectivity index (χ0) is 12.2. The van der Waals surface area contributed by atoms with Crippen LogP contribution in [-0.4, -0.2) is 5.91 Å². The lowest BCUT2D eigenvalue weighted by molar-refractivity contribution is -0.118. The van der Waals surface area contributed by atoms with Crippen molar-refractivity contribution in [3.05, 3.63) is 47.5 Å². The molecule has 0 aliphatic rings. The van der Waals surface area contributed by atoms with Crippen LogP contribution in [0.15, 0.2) is 42.0 Å². The highest BCUT2D eigenvalue weighted by atomic mass is 16.1. The molecular weight excluding hydrogens is 198 g/mol. The van der Waals surface area contributed by atoms with Crippen LogP contribution in [0.5, 0.6) is 0 Å². The van der Waals surface area contributed by atoms with Crippen molar-refractivity contribution >= 4 is 5.91 Å². The molecule has 0 aromatic heterocycles. The fraction of sp³-hybridized carbons (Fsp3) is 0.357. The highest BCUT2D eigenvalue weighted by Crippen LogP contribution is 2.19. The lowest BCUT2D eigenvalue weighted by atomic mass is 9.94. The van der Waals surface area contributed by atoms with Gasteiger partial charge in [-0.05, 0) is 33.3 Å². The summed E-state index contributed by atoms with van der Waals surface area (Å²) in [6, 6.07) is 9.96. The highest BCUT2D eigenvalue weighted by molar-refractivity contribution is 5.88. The summed E-state index contributed by atoms with van der Waals surface area (Å²) in [4.78, 5) is 11.7. The molecule has 0 spiro atoms. The largest absolute Gasteiger partial charge is 0.344 e. The van der Waals surface area contributed by atoms with E-state index in [-0.39, 0.29) is 11.4 Å². The van der Waals surface area contributed by atoms with E-state index >= 15 is 0 Å². The van der Waals surface area contributed by atoms with E-state index in [1.165, 1.54) is 0 Å². The summed E-state index contributed by atoms with van der Waals surface area (Å²) in [5, 5.41) is 2.99. The minimum atomic E-state index is -0.343. The van der Waals surface area contributed by atoms with Gasteiger partial charge in [0.25, 0.3) is 0 Å². The second-order valence-electron chi connectivity index (χ2n) is 4.70. The summed E-state index contributed by atoms with van der Waals surface area (Å²) in [6.45, 7) is 7.82. The van der Waals surface area contributed by atoms with Gasteiger partial charge < -0.3 is 5.32 Å². The molecule has 0 saturated carbocycles. The van der Waals surface area contributed by atoms with Crippen molar-refractivity contribution in [2.75, 3.05) is 0 Å². The molecule has 1 N–H and O–H groups in total. The molecule has 1 amide bonds. The normalized spacial score (nSPS) is 10.8. The average Bonchev–Trinajstić information content (AvgIpc) is 2.16. The Bertz CT molecular complexity index is 386. The molecular formula is C14H19NO. The maximum absolute atomic E-state index is 11.7. The van der Waals surface area contributed by atoms with E-state index in [1.54, 1.807) is 6.08 Å². The van der Waals surface area contributed by atoms with Crippen molar-refractivity contribution in [1.29, 1.82) is 0 Å². The molecule has 1 rings (SSSR count). The minimum Gasteiger partial charge on any atom is -0.344 e. The second-order valence-corrected chi connectivity index (χ2v) is 4.70. The van der Waals surface area contributed by atoms with Gasteiger partial charge in [0.1, 0.15) is 0 Å². The lowest BCUT2D eigenvalue weighted by Gasteiger charge is -2.26. The van der Waals surface area contributed by atoms with Crippen LogP contribution >= 0.6 is 0 Å². The van der Waals surface area contributed by atoms with E-state index in [2.05, 4.69) is 5.32 Å². The molecule has 1 aromatic rings. The van der Waals surface area contributed by atoms with Gasteiger partial charge in [-0.3, -0.25) is 4.79 Å². The number of allylic oxidation sites excluding steroid dienone is 1. The fourth-order valence-electron chi connectivity index (χ4n) is 1.53. The zero-order valence-electron chi connectivity index (χ0n) is 10.4. The molecule has 0 heterocycles. The summed E-state index contributed by atoms with van der Waals surface area (Å²) in [6.07, 6.45) is 1.62. The van der Waals surface area contributed by atoms with E-state index in [1.807, 2.05) is 58.0 Å². The minimum absolute atomic E-state index is 0.0474. The number of hydrogen-bond donors (Lipinski definition) is 1. The van der Waals surface area contributed by atoms with Crippen molar-refractivity contribution in [1.82, 2.24) is 5.32 Å². The van der Waals surface area contributed by atoms with Gasteiger partial charge in [0, 0.05) is 6.08 Å². The number of nitrogens with one attached hydrogen (secondary N) is 1. The molecule has 1 aromatic carbocycles. The van der Waals surface area contributed by atoms with Crippen LogP contribution in [0.1, 0.15) is 33.3 Å². The van der Waals surface area contributed by atoms with Gasteiger partial charge in [-0.2, -0.15) is 0 Å². The quantitative estimate of drug-likeness (QED) is 0.775. The van der Waals surface area contributed by atoms with Crippen molar-refractivity contribution < 1.29 is 4.79 Å². The van der Waals surface area contributed by atoms with Gasteiger partial charge in [0.15, 0.2) is 0 Å². The number of carbonyl (C=O) groups is 1. The monoisotopic (exact) mass is 217 g/mol. The molecule has 0 atom stereocenters. The Hall–Kier alpha value is -1.57. The van der Waals surface area contributed by atoms with Gasteiger partial charge in [-0.1, -0.05) is 35.9 Å². The van der Waals surface area contributed by atoms with Crippen molar-refractivity contribution in [3.8, 4) is 0 Å². The predicted octanol–water partition coefficient (Wildman–Crippen LogP) is 3.00. The summed E-state index contributed by atoms with van der Waals surface area (Å²) in [5.41, 5.74) is 1.76. The first-order chi connectivity index (χ1) is 7.42. The number of carbonyl (C=O) groups excluding carboxylic acids is 1. The van der Waals surface area contributed by atoms with Crippen LogP contribution < -0.4 is 5.32 Å². The summed E-state index contributed by atoms with van der Waals surface area (Å²) >= 11 is 0. The van der Waals surface area contributed by atoms with Gasteiger partial charge in [0.2, 0.25) is 5.91 Å². The van der Waals surface area contributed by atoms with E-state index in [9.17, 15) is 4.79 Å². The van der Waals surface area contributed by atoms with E-state index in [0.717, 1.165) is 11.1 Å². The Morgan fingerprint density at radius 3 is 2.25 bits per heavy atom. The molecule has 0 fully saturated rings. The fourth-order valence-corrected chi connectivity index (χ4v) is 1.53. The third-order valence-corrected chi connectivity index (χ3v) is 2.35. The Balaban J connectivity index is 2.80. The van der Waals surface area contributed by atoms with Crippen LogP contribution in [0.3, 0.4) is 0 Å². The summed E-state index contributed by atoms with van der Waals surface area (Å²) < 4.78 is 0.